The van der Waals surface area contributed by atoms with Crippen LogP contribution in [0.5, 0.6) is 0 Å². The number of aliphatic carboxylic acids is 3. The summed E-state index contributed by atoms with van der Waals surface area (Å²) in [5, 5.41) is 31.7. The molecule has 1 aliphatic rings. The standard InChI is InChI=1S/C20H31N5O10/c21-10(3-7-15(27)28)17(31)23-11(5-8-16(29)30)18(32)24-12(4-6-14(22)26)19(33)25-9-1-2-13(25)20(34)35/h10-13H,1-9,21H2,(H2,22,26)(H,23,31)(H,24,32)(H,27,28)(H,29,30)(H,34,35). The van der Waals surface area contributed by atoms with Crippen molar-refractivity contribution in [2.24, 2.45) is 11.5 Å². The van der Waals surface area contributed by atoms with Crippen molar-refractivity contribution >= 4 is 41.5 Å². The van der Waals surface area contributed by atoms with Crippen molar-refractivity contribution in [3.05, 3.63) is 0 Å². The zero-order valence-electron chi connectivity index (χ0n) is 19.0. The lowest BCUT2D eigenvalue weighted by molar-refractivity contribution is -0.149. The third-order valence-electron chi connectivity index (χ3n) is 5.40. The molecule has 0 aromatic rings. The minimum atomic E-state index is -1.45. The summed E-state index contributed by atoms with van der Waals surface area (Å²) in [7, 11) is 0. The Hall–Kier alpha value is -3.75. The van der Waals surface area contributed by atoms with Crippen LogP contribution in [0, 0.1) is 0 Å². The molecule has 4 unspecified atom stereocenters. The third kappa shape index (κ3) is 9.95. The Balaban J connectivity index is 3.02. The average molecular weight is 501 g/mol. The number of nitrogens with one attached hydrogen (secondary N) is 2. The summed E-state index contributed by atoms with van der Waals surface area (Å²) < 4.78 is 0. The molecule has 0 aliphatic carbocycles. The number of nitrogens with two attached hydrogens (primary N) is 2. The molecule has 0 bridgehead atoms. The van der Waals surface area contributed by atoms with E-state index in [4.69, 9.17) is 21.7 Å². The molecule has 4 amide bonds. The zero-order chi connectivity index (χ0) is 26.7. The molecular weight excluding hydrogens is 470 g/mol. The fourth-order valence-corrected chi connectivity index (χ4v) is 3.53. The molecule has 1 aliphatic heterocycles. The van der Waals surface area contributed by atoms with E-state index in [9.17, 15) is 38.7 Å². The number of hydrogen-bond acceptors (Lipinski definition) is 8. The van der Waals surface area contributed by atoms with Gasteiger partial charge in [0.05, 0.1) is 6.04 Å². The predicted molar refractivity (Wildman–Crippen MR) is 116 cm³/mol. The van der Waals surface area contributed by atoms with E-state index in [1.165, 1.54) is 0 Å². The third-order valence-corrected chi connectivity index (χ3v) is 5.40. The Kier molecular flexibility index (Phi) is 11.6. The fraction of sp³-hybridized carbons (Fsp3) is 0.650. The smallest absolute Gasteiger partial charge is 0.326 e. The Labute approximate surface area is 200 Å². The second-order valence-electron chi connectivity index (χ2n) is 8.13. The molecule has 1 rings (SSSR count). The summed E-state index contributed by atoms with van der Waals surface area (Å²) in [4.78, 5) is 83.7. The first-order valence-corrected chi connectivity index (χ1v) is 10.9. The van der Waals surface area contributed by atoms with Gasteiger partial charge in [0, 0.05) is 25.8 Å². The van der Waals surface area contributed by atoms with Gasteiger partial charge in [-0.1, -0.05) is 0 Å². The molecule has 15 heteroatoms. The molecule has 0 aromatic heterocycles. The lowest BCUT2D eigenvalue weighted by Gasteiger charge is -2.28. The zero-order valence-corrected chi connectivity index (χ0v) is 19.0. The van der Waals surface area contributed by atoms with Crippen molar-refractivity contribution in [1.29, 1.82) is 0 Å². The van der Waals surface area contributed by atoms with E-state index in [2.05, 4.69) is 10.6 Å². The highest BCUT2D eigenvalue weighted by Crippen LogP contribution is 2.19. The van der Waals surface area contributed by atoms with Crippen LogP contribution < -0.4 is 22.1 Å². The highest BCUT2D eigenvalue weighted by Gasteiger charge is 2.38. The van der Waals surface area contributed by atoms with Crippen molar-refractivity contribution < 1.29 is 48.9 Å². The number of primary amides is 1. The van der Waals surface area contributed by atoms with Crippen molar-refractivity contribution in [3.63, 3.8) is 0 Å². The minimum Gasteiger partial charge on any atom is -0.481 e. The van der Waals surface area contributed by atoms with Gasteiger partial charge in [0.15, 0.2) is 0 Å². The molecule has 196 valence electrons. The minimum absolute atomic E-state index is 0.121. The van der Waals surface area contributed by atoms with E-state index in [0.717, 1.165) is 4.90 Å². The van der Waals surface area contributed by atoms with Gasteiger partial charge in [0.2, 0.25) is 23.6 Å². The Morgan fingerprint density at radius 1 is 0.829 bits per heavy atom. The molecule has 0 aromatic carbocycles. The van der Waals surface area contributed by atoms with Crippen LogP contribution >= 0.6 is 0 Å². The molecule has 1 heterocycles. The van der Waals surface area contributed by atoms with E-state index in [1.54, 1.807) is 0 Å². The van der Waals surface area contributed by atoms with Crippen molar-refractivity contribution in [2.45, 2.75) is 75.5 Å². The number of nitrogens with zero attached hydrogens (tertiary/aromatic N) is 1. The summed E-state index contributed by atoms with van der Waals surface area (Å²) in [6, 6.07) is -5.21. The lowest BCUT2D eigenvalue weighted by Crippen LogP contribution is -2.57. The van der Waals surface area contributed by atoms with Crippen LogP contribution in [0.25, 0.3) is 0 Å². The first kappa shape index (κ1) is 29.3. The molecule has 15 nitrogen and oxygen atoms in total. The van der Waals surface area contributed by atoms with Crippen LogP contribution in [0.15, 0.2) is 0 Å². The maximum Gasteiger partial charge on any atom is 0.326 e. The molecular formula is C20H31N5O10. The summed E-state index contributed by atoms with van der Waals surface area (Å²) in [6.07, 6.45) is -1.49. The maximum atomic E-state index is 13.0. The van der Waals surface area contributed by atoms with Crippen LogP contribution in [0.3, 0.4) is 0 Å². The van der Waals surface area contributed by atoms with E-state index in [1.807, 2.05) is 0 Å². The number of carboxylic acids is 3. The molecule has 9 N–H and O–H groups in total. The highest BCUT2D eigenvalue weighted by molar-refractivity contribution is 5.94. The van der Waals surface area contributed by atoms with Crippen LogP contribution in [-0.4, -0.2) is 92.5 Å². The van der Waals surface area contributed by atoms with Crippen LogP contribution in [-0.2, 0) is 33.6 Å². The van der Waals surface area contributed by atoms with Gasteiger partial charge < -0.3 is 42.3 Å². The van der Waals surface area contributed by atoms with Crippen LogP contribution in [0.4, 0.5) is 0 Å². The number of amides is 4. The van der Waals surface area contributed by atoms with Gasteiger partial charge in [-0.05, 0) is 32.1 Å². The molecule has 0 spiro atoms. The van der Waals surface area contributed by atoms with E-state index in [0.29, 0.717) is 6.42 Å². The first-order chi connectivity index (χ1) is 16.3. The van der Waals surface area contributed by atoms with Gasteiger partial charge in [-0.3, -0.25) is 28.8 Å². The molecule has 0 radical (unpaired) electrons. The van der Waals surface area contributed by atoms with E-state index in [-0.39, 0.29) is 38.6 Å². The Morgan fingerprint density at radius 2 is 1.37 bits per heavy atom. The number of hydrogen-bond donors (Lipinski definition) is 7. The van der Waals surface area contributed by atoms with Gasteiger partial charge in [-0.15, -0.1) is 0 Å². The van der Waals surface area contributed by atoms with Crippen molar-refractivity contribution in [3.8, 4) is 0 Å². The number of rotatable bonds is 15. The summed E-state index contributed by atoms with van der Waals surface area (Å²) >= 11 is 0. The highest BCUT2D eigenvalue weighted by atomic mass is 16.4. The second-order valence-corrected chi connectivity index (χ2v) is 8.13. The van der Waals surface area contributed by atoms with Crippen molar-refractivity contribution in [1.82, 2.24) is 15.5 Å². The number of likely N-dealkylation sites (tertiary alicyclic amines) is 1. The molecule has 0 saturated carbocycles. The lowest BCUT2D eigenvalue weighted by atomic mass is 10.1. The number of carboxylic acid groups (broad SMARTS) is 3. The van der Waals surface area contributed by atoms with Crippen molar-refractivity contribution in [2.75, 3.05) is 6.54 Å². The summed E-state index contributed by atoms with van der Waals surface area (Å²) in [5.41, 5.74) is 10.8. The normalized spacial score (nSPS) is 17.6. The number of carbonyl (C=O) groups excluding carboxylic acids is 4. The quantitative estimate of drug-likeness (QED) is 0.122. The van der Waals surface area contributed by atoms with Gasteiger partial charge >= 0.3 is 17.9 Å². The maximum absolute atomic E-state index is 13.0. The average Bonchev–Trinajstić information content (AvgIpc) is 3.26. The molecule has 1 fully saturated rings. The summed E-state index contributed by atoms with van der Waals surface area (Å²) in [5.74, 6) is -7.07. The topological polar surface area (TPSA) is 260 Å². The predicted octanol–water partition coefficient (Wildman–Crippen LogP) is -2.65. The number of carbonyl (C=O) groups is 7. The largest absolute Gasteiger partial charge is 0.481 e. The monoisotopic (exact) mass is 501 g/mol. The molecule has 35 heavy (non-hydrogen) atoms. The van der Waals surface area contributed by atoms with Crippen LogP contribution in [0.1, 0.15) is 51.4 Å². The fourth-order valence-electron chi connectivity index (χ4n) is 3.53. The SMILES string of the molecule is NC(=O)CCC(NC(=O)C(CCC(=O)O)NC(=O)C(N)CCC(=O)O)C(=O)N1CCCC1C(=O)O. The molecule has 1 saturated heterocycles. The Bertz CT molecular complexity index is 848. The summed E-state index contributed by atoms with van der Waals surface area (Å²) in [6.45, 7) is 0.121. The first-order valence-electron chi connectivity index (χ1n) is 10.9. The molecule has 4 atom stereocenters. The van der Waals surface area contributed by atoms with E-state index < -0.39 is 78.5 Å². The second kappa shape index (κ2) is 13.8. The van der Waals surface area contributed by atoms with Gasteiger partial charge in [0.1, 0.15) is 18.1 Å². The van der Waals surface area contributed by atoms with Gasteiger partial charge in [0.25, 0.3) is 0 Å². The Morgan fingerprint density at radius 3 is 1.91 bits per heavy atom. The van der Waals surface area contributed by atoms with Gasteiger partial charge in [-0.25, -0.2) is 4.79 Å². The van der Waals surface area contributed by atoms with Crippen LogP contribution in [0.2, 0.25) is 0 Å². The van der Waals surface area contributed by atoms with Gasteiger partial charge in [-0.2, -0.15) is 0 Å². The van der Waals surface area contributed by atoms with E-state index >= 15 is 0 Å².